The largest absolute Gasteiger partial charge is 0.331 e. The van der Waals surface area contributed by atoms with E-state index in [0.29, 0.717) is 0 Å². The molecule has 3 heteroatoms. The lowest BCUT2D eigenvalue weighted by molar-refractivity contribution is 0.246. The molecule has 1 aromatic carbocycles. The molecule has 0 bridgehead atoms. The lowest BCUT2D eigenvalue weighted by atomic mass is 10.1. The quantitative estimate of drug-likeness (QED) is 0.244. The van der Waals surface area contributed by atoms with Crippen LogP contribution in [0.25, 0.3) is 0 Å². The smallest absolute Gasteiger partial charge is 0.205 e. The van der Waals surface area contributed by atoms with Crippen molar-refractivity contribution < 1.29 is 9.05 Å². The number of hydrogen-bond donors (Lipinski definition) is 0. The summed E-state index contributed by atoms with van der Waals surface area (Å²) in [7, 11) is -0.922. The molecule has 25 heavy (non-hydrogen) atoms. The van der Waals surface area contributed by atoms with Crippen molar-refractivity contribution in [1.82, 2.24) is 0 Å². The summed E-state index contributed by atoms with van der Waals surface area (Å²) in [5.41, 5.74) is 0. The van der Waals surface area contributed by atoms with E-state index in [1.807, 2.05) is 0 Å². The molecule has 0 N–H and O–H groups in total. The van der Waals surface area contributed by atoms with E-state index >= 15 is 0 Å². The summed E-state index contributed by atoms with van der Waals surface area (Å²) in [6.07, 6.45) is 10.0. The van der Waals surface area contributed by atoms with Crippen molar-refractivity contribution in [3.05, 3.63) is 30.3 Å². The first-order valence-corrected chi connectivity index (χ1v) is 11.4. The predicted octanol–water partition coefficient (Wildman–Crippen LogP) is 7.09. The maximum absolute atomic E-state index is 6.12. The molecule has 0 aromatic heterocycles. The van der Waals surface area contributed by atoms with Crippen molar-refractivity contribution >= 4 is 13.7 Å². The van der Waals surface area contributed by atoms with Gasteiger partial charge in [0, 0.05) is 5.30 Å². The Kier molecular flexibility index (Phi) is 13.3. The van der Waals surface area contributed by atoms with Gasteiger partial charge >= 0.3 is 0 Å². The minimum absolute atomic E-state index is 0.807. The van der Waals surface area contributed by atoms with E-state index in [-0.39, 0.29) is 0 Å². The van der Waals surface area contributed by atoms with E-state index in [4.69, 9.17) is 9.05 Å². The summed E-state index contributed by atoms with van der Waals surface area (Å²) < 4.78 is 12.2. The molecule has 1 rings (SSSR count). The standard InChI is InChI=1S/C22H39O2P/c1-20(2)14-8-6-12-18-23-25(22-16-10-5-11-17-22)24-19-13-7-9-15-21(3)4/h5,10-11,16-17,20-21H,6-9,12-15,18-19H2,1-4H3. The molecule has 0 saturated carbocycles. The zero-order valence-electron chi connectivity index (χ0n) is 16.9. The van der Waals surface area contributed by atoms with Crippen LogP contribution in [0.4, 0.5) is 0 Å². The second kappa shape index (κ2) is 14.7. The summed E-state index contributed by atoms with van der Waals surface area (Å²) in [5.74, 6) is 1.61. The fourth-order valence-electron chi connectivity index (χ4n) is 2.69. The molecule has 0 unspecified atom stereocenters. The van der Waals surface area contributed by atoms with Gasteiger partial charge in [0.1, 0.15) is 0 Å². The normalized spacial score (nSPS) is 11.8. The fourth-order valence-corrected chi connectivity index (χ4v) is 4.07. The Morgan fingerprint density at radius 2 is 1.16 bits per heavy atom. The second-order valence-electron chi connectivity index (χ2n) is 7.75. The summed E-state index contributed by atoms with van der Waals surface area (Å²) in [6.45, 7) is 10.8. The van der Waals surface area contributed by atoms with E-state index in [9.17, 15) is 0 Å². The highest BCUT2D eigenvalue weighted by Crippen LogP contribution is 2.37. The molecule has 0 aliphatic heterocycles. The monoisotopic (exact) mass is 366 g/mol. The third-order valence-corrected chi connectivity index (χ3v) is 5.79. The molecule has 0 aliphatic carbocycles. The molecule has 144 valence electrons. The SMILES string of the molecule is CC(C)CCCCCOP(OCCCCCC(C)C)c1ccccc1. The van der Waals surface area contributed by atoms with Gasteiger partial charge in [-0.2, -0.15) is 0 Å². The summed E-state index contributed by atoms with van der Waals surface area (Å²) in [5, 5.41) is 1.20. The Balaban J connectivity index is 2.26. The molecule has 0 amide bonds. The van der Waals surface area contributed by atoms with Crippen LogP contribution in [0.5, 0.6) is 0 Å². The molecule has 0 aliphatic rings. The van der Waals surface area contributed by atoms with Crippen LogP contribution in [0.15, 0.2) is 30.3 Å². The van der Waals surface area contributed by atoms with Crippen molar-refractivity contribution in [3.63, 3.8) is 0 Å². The molecular formula is C22H39O2P. The highest BCUT2D eigenvalue weighted by molar-refractivity contribution is 7.56. The Hall–Kier alpha value is -0.430. The molecule has 0 spiro atoms. The van der Waals surface area contributed by atoms with Crippen LogP contribution in [0, 0.1) is 11.8 Å². The van der Waals surface area contributed by atoms with Gasteiger partial charge in [-0.3, -0.25) is 0 Å². The van der Waals surface area contributed by atoms with Crippen LogP contribution >= 0.6 is 8.38 Å². The zero-order chi connectivity index (χ0) is 18.3. The third-order valence-electron chi connectivity index (χ3n) is 4.24. The van der Waals surface area contributed by atoms with Crippen molar-refractivity contribution in [2.45, 2.75) is 79.1 Å². The number of hydrogen-bond acceptors (Lipinski definition) is 2. The minimum atomic E-state index is -0.922. The average molecular weight is 367 g/mol. The van der Waals surface area contributed by atoms with E-state index in [2.05, 4.69) is 58.0 Å². The van der Waals surface area contributed by atoms with Gasteiger partial charge in [-0.25, -0.2) is 0 Å². The number of unbranched alkanes of at least 4 members (excludes halogenated alkanes) is 4. The number of rotatable bonds is 15. The van der Waals surface area contributed by atoms with Gasteiger partial charge in [0.05, 0.1) is 13.2 Å². The molecule has 0 radical (unpaired) electrons. The number of benzene rings is 1. The molecule has 0 fully saturated rings. The maximum Gasteiger partial charge on any atom is 0.205 e. The van der Waals surface area contributed by atoms with Gasteiger partial charge in [-0.1, -0.05) is 84.4 Å². The maximum atomic E-state index is 6.12. The third kappa shape index (κ3) is 12.5. The molecule has 0 heterocycles. The lowest BCUT2D eigenvalue weighted by Crippen LogP contribution is -2.07. The first kappa shape index (κ1) is 22.6. The van der Waals surface area contributed by atoms with Gasteiger partial charge in [-0.05, 0) is 36.8 Å². The molecule has 0 saturated heterocycles. The van der Waals surface area contributed by atoms with Crippen LogP contribution < -0.4 is 5.30 Å². The minimum Gasteiger partial charge on any atom is -0.331 e. The Labute approximate surface area is 157 Å². The summed E-state index contributed by atoms with van der Waals surface area (Å²) >= 11 is 0. The van der Waals surface area contributed by atoms with Crippen molar-refractivity contribution in [2.24, 2.45) is 11.8 Å². The van der Waals surface area contributed by atoms with Gasteiger partial charge in [-0.15, -0.1) is 0 Å². The van der Waals surface area contributed by atoms with Crippen LogP contribution in [-0.2, 0) is 9.05 Å². The molecule has 0 atom stereocenters. The van der Waals surface area contributed by atoms with Crippen LogP contribution in [0.2, 0.25) is 0 Å². The lowest BCUT2D eigenvalue weighted by Gasteiger charge is -2.18. The molecule has 1 aromatic rings. The van der Waals surface area contributed by atoms with E-state index < -0.39 is 8.38 Å². The van der Waals surface area contributed by atoms with Gasteiger partial charge in [0.25, 0.3) is 0 Å². The first-order chi connectivity index (χ1) is 12.1. The van der Waals surface area contributed by atoms with Crippen LogP contribution in [-0.4, -0.2) is 13.2 Å². The highest BCUT2D eigenvalue weighted by atomic mass is 31.2. The van der Waals surface area contributed by atoms with Crippen molar-refractivity contribution in [3.8, 4) is 0 Å². The van der Waals surface area contributed by atoms with Crippen molar-refractivity contribution in [1.29, 1.82) is 0 Å². The Morgan fingerprint density at radius 3 is 1.60 bits per heavy atom. The van der Waals surface area contributed by atoms with E-state index in [1.165, 1.54) is 43.8 Å². The van der Waals surface area contributed by atoms with E-state index in [0.717, 1.165) is 37.9 Å². The second-order valence-corrected chi connectivity index (χ2v) is 9.29. The van der Waals surface area contributed by atoms with Crippen LogP contribution in [0.3, 0.4) is 0 Å². The molecular weight excluding hydrogens is 327 g/mol. The molecule has 2 nitrogen and oxygen atoms in total. The zero-order valence-corrected chi connectivity index (χ0v) is 17.8. The predicted molar refractivity (Wildman–Crippen MR) is 112 cm³/mol. The van der Waals surface area contributed by atoms with Crippen molar-refractivity contribution in [2.75, 3.05) is 13.2 Å². The van der Waals surface area contributed by atoms with Gasteiger partial charge in [0.15, 0.2) is 0 Å². The van der Waals surface area contributed by atoms with Crippen LogP contribution in [0.1, 0.15) is 79.1 Å². The Bertz CT molecular complexity index is 386. The van der Waals surface area contributed by atoms with E-state index in [1.54, 1.807) is 0 Å². The topological polar surface area (TPSA) is 18.5 Å². The van der Waals surface area contributed by atoms with Gasteiger partial charge in [0.2, 0.25) is 8.38 Å². The summed E-state index contributed by atoms with van der Waals surface area (Å²) in [4.78, 5) is 0. The Morgan fingerprint density at radius 1 is 0.680 bits per heavy atom. The summed E-state index contributed by atoms with van der Waals surface area (Å²) in [6, 6.07) is 10.5. The highest BCUT2D eigenvalue weighted by Gasteiger charge is 2.13. The first-order valence-electron chi connectivity index (χ1n) is 10.2. The average Bonchev–Trinajstić information content (AvgIpc) is 2.59. The van der Waals surface area contributed by atoms with Gasteiger partial charge < -0.3 is 9.05 Å². The fraction of sp³-hybridized carbons (Fsp3) is 0.727.